The molecular weight excluding hydrogens is 340 g/mol. The second-order valence-corrected chi connectivity index (χ2v) is 7.46. The number of benzene rings is 1. The molecule has 0 spiro atoms. The molecule has 0 aromatic heterocycles. The van der Waals surface area contributed by atoms with E-state index >= 15 is 0 Å². The number of anilines is 1. The van der Waals surface area contributed by atoms with E-state index in [1.807, 2.05) is 18.2 Å². The van der Waals surface area contributed by atoms with Crippen LogP contribution in [-0.4, -0.2) is 31.1 Å². The summed E-state index contributed by atoms with van der Waals surface area (Å²) in [5, 5.41) is 6.28. The Labute approximate surface area is 161 Å². The zero-order chi connectivity index (χ0) is 18.9. The van der Waals surface area contributed by atoms with Gasteiger partial charge >= 0.3 is 5.97 Å². The van der Waals surface area contributed by atoms with Crippen LogP contribution in [0.2, 0.25) is 0 Å². The van der Waals surface area contributed by atoms with Gasteiger partial charge < -0.3 is 15.4 Å². The van der Waals surface area contributed by atoms with Crippen LogP contribution in [0.4, 0.5) is 5.69 Å². The number of rotatable bonds is 8. The topological polar surface area (TPSA) is 67.4 Å². The minimum Gasteiger partial charge on any atom is -0.452 e. The van der Waals surface area contributed by atoms with Gasteiger partial charge in [0, 0.05) is 18.3 Å². The zero-order valence-electron chi connectivity index (χ0n) is 16.0. The molecule has 1 amide bonds. The summed E-state index contributed by atoms with van der Waals surface area (Å²) in [4.78, 5) is 24.4. The Morgan fingerprint density at radius 1 is 1.07 bits per heavy atom. The average Bonchev–Trinajstić information content (AvgIpc) is 3.20. The lowest BCUT2D eigenvalue weighted by atomic mass is 9.97. The number of carbonyl (C=O) groups is 2. The summed E-state index contributed by atoms with van der Waals surface area (Å²) < 4.78 is 5.23. The van der Waals surface area contributed by atoms with E-state index in [0.717, 1.165) is 44.3 Å². The smallest absolute Gasteiger partial charge is 0.340 e. The van der Waals surface area contributed by atoms with E-state index in [1.165, 1.54) is 31.3 Å². The molecule has 2 aliphatic carbocycles. The highest BCUT2D eigenvalue weighted by Crippen LogP contribution is 2.21. The Bertz CT molecular complexity index is 678. The normalized spacial score (nSPS) is 17.3. The lowest BCUT2D eigenvalue weighted by Gasteiger charge is -2.15. The van der Waals surface area contributed by atoms with Crippen molar-refractivity contribution in [3.8, 4) is 0 Å². The van der Waals surface area contributed by atoms with Crippen molar-refractivity contribution in [3.05, 3.63) is 41.5 Å². The zero-order valence-corrected chi connectivity index (χ0v) is 16.0. The summed E-state index contributed by atoms with van der Waals surface area (Å²) in [6, 6.07) is 7.55. The Kier molecular flexibility index (Phi) is 7.31. The van der Waals surface area contributed by atoms with Crippen molar-refractivity contribution >= 4 is 17.6 Å². The van der Waals surface area contributed by atoms with E-state index in [0.29, 0.717) is 5.56 Å². The third-order valence-corrected chi connectivity index (χ3v) is 5.35. The number of amides is 1. The second kappa shape index (κ2) is 10.1. The van der Waals surface area contributed by atoms with Crippen molar-refractivity contribution < 1.29 is 14.3 Å². The summed E-state index contributed by atoms with van der Waals surface area (Å²) >= 11 is 0. The maximum atomic E-state index is 12.4. The minimum atomic E-state index is -0.462. The lowest BCUT2D eigenvalue weighted by Crippen LogP contribution is -2.35. The standard InChI is InChI=1S/C22H30N2O3/c25-21(24-18-10-4-5-11-18)16-27-22(26)19-12-6-7-13-20(19)23-15-14-17-8-2-1-3-9-17/h6-8,12-13,18,23H,1-5,9-11,14-16H2,(H,24,25). The number of carbonyl (C=O) groups excluding carboxylic acids is 2. The predicted octanol–water partition coefficient (Wildman–Crippen LogP) is 4.20. The van der Waals surface area contributed by atoms with Gasteiger partial charge in [0.25, 0.3) is 5.91 Å². The highest BCUT2D eigenvalue weighted by molar-refractivity contribution is 5.96. The molecule has 0 heterocycles. The van der Waals surface area contributed by atoms with Crippen LogP contribution in [0.15, 0.2) is 35.9 Å². The Hall–Kier alpha value is -2.30. The van der Waals surface area contributed by atoms with Gasteiger partial charge in [0.15, 0.2) is 6.61 Å². The Morgan fingerprint density at radius 2 is 1.89 bits per heavy atom. The minimum absolute atomic E-state index is 0.218. The molecule has 1 saturated carbocycles. The van der Waals surface area contributed by atoms with Crippen LogP contribution in [0, 0.1) is 0 Å². The quantitative estimate of drug-likeness (QED) is 0.531. The molecule has 5 heteroatoms. The van der Waals surface area contributed by atoms with Crippen molar-refractivity contribution in [1.29, 1.82) is 0 Å². The first-order valence-electron chi connectivity index (χ1n) is 10.2. The molecule has 3 rings (SSSR count). The molecule has 2 aliphatic rings. The van der Waals surface area contributed by atoms with Crippen LogP contribution in [-0.2, 0) is 9.53 Å². The summed E-state index contributed by atoms with van der Waals surface area (Å²) in [5.74, 6) is -0.679. The van der Waals surface area contributed by atoms with Gasteiger partial charge in [-0.3, -0.25) is 4.79 Å². The number of hydrogen-bond donors (Lipinski definition) is 2. The molecule has 1 fully saturated rings. The monoisotopic (exact) mass is 370 g/mol. The number of para-hydroxylation sites is 1. The molecule has 146 valence electrons. The molecule has 0 bridgehead atoms. The molecule has 0 unspecified atom stereocenters. The van der Waals surface area contributed by atoms with Crippen molar-refractivity contribution in [2.75, 3.05) is 18.5 Å². The van der Waals surface area contributed by atoms with E-state index in [9.17, 15) is 9.59 Å². The predicted molar refractivity (Wildman–Crippen MR) is 107 cm³/mol. The number of nitrogens with one attached hydrogen (secondary N) is 2. The molecule has 1 aromatic carbocycles. The molecule has 0 saturated heterocycles. The summed E-state index contributed by atoms with van der Waals surface area (Å²) in [6.07, 6.45) is 12.6. The fourth-order valence-corrected chi connectivity index (χ4v) is 3.85. The molecule has 27 heavy (non-hydrogen) atoms. The highest BCUT2D eigenvalue weighted by Gasteiger charge is 2.19. The van der Waals surface area contributed by atoms with Crippen molar-refractivity contribution in [2.24, 2.45) is 0 Å². The van der Waals surface area contributed by atoms with Gasteiger partial charge in [0.2, 0.25) is 0 Å². The Morgan fingerprint density at radius 3 is 2.67 bits per heavy atom. The largest absolute Gasteiger partial charge is 0.452 e. The number of esters is 1. The molecule has 0 atom stereocenters. The van der Waals surface area contributed by atoms with Gasteiger partial charge in [-0.2, -0.15) is 0 Å². The molecular formula is C22H30N2O3. The number of ether oxygens (including phenoxy) is 1. The Balaban J connectivity index is 1.47. The van der Waals surface area contributed by atoms with E-state index < -0.39 is 5.97 Å². The average molecular weight is 370 g/mol. The highest BCUT2D eigenvalue weighted by atomic mass is 16.5. The summed E-state index contributed by atoms with van der Waals surface area (Å²) in [6.45, 7) is 0.564. The maximum absolute atomic E-state index is 12.4. The van der Waals surface area contributed by atoms with Gasteiger partial charge in [0.05, 0.1) is 5.56 Å². The third-order valence-electron chi connectivity index (χ3n) is 5.35. The van der Waals surface area contributed by atoms with Gasteiger partial charge in [-0.05, 0) is 57.1 Å². The van der Waals surface area contributed by atoms with Gasteiger partial charge in [-0.15, -0.1) is 0 Å². The van der Waals surface area contributed by atoms with Crippen LogP contribution >= 0.6 is 0 Å². The van der Waals surface area contributed by atoms with Crippen LogP contribution in [0.5, 0.6) is 0 Å². The molecule has 1 aromatic rings. The van der Waals surface area contributed by atoms with E-state index in [1.54, 1.807) is 6.07 Å². The first kappa shape index (κ1) is 19.5. The molecule has 2 N–H and O–H groups in total. The maximum Gasteiger partial charge on any atom is 0.340 e. The molecule has 0 aliphatic heterocycles. The fourth-order valence-electron chi connectivity index (χ4n) is 3.85. The van der Waals surface area contributed by atoms with Crippen molar-refractivity contribution in [1.82, 2.24) is 5.32 Å². The van der Waals surface area contributed by atoms with E-state index in [4.69, 9.17) is 4.74 Å². The number of allylic oxidation sites excluding steroid dienone is 1. The van der Waals surface area contributed by atoms with Crippen molar-refractivity contribution in [2.45, 2.75) is 63.8 Å². The van der Waals surface area contributed by atoms with Crippen molar-refractivity contribution in [3.63, 3.8) is 0 Å². The first-order valence-corrected chi connectivity index (χ1v) is 10.2. The lowest BCUT2D eigenvalue weighted by molar-refractivity contribution is -0.124. The van der Waals surface area contributed by atoms with Crippen LogP contribution < -0.4 is 10.6 Å². The molecule has 0 radical (unpaired) electrons. The number of hydrogen-bond acceptors (Lipinski definition) is 4. The van der Waals surface area contributed by atoms with Gasteiger partial charge in [-0.25, -0.2) is 4.79 Å². The fraction of sp³-hybridized carbons (Fsp3) is 0.545. The third kappa shape index (κ3) is 6.12. The first-order chi connectivity index (χ1) is 13.2. The van der Waals surface area contributed by atoms with Crippen LogP contribution in [0.1, 0.15) is 68.1 Å². The van der Waals surface area contributed by atoms with E-state index in [2.05, 4.69) is 16.7 Å². The van der Waals surface area contributed by atoms with Crippen LogP contribution in [0.25, 0.3) is 0 Å². The van der Waals surface area contributed by atoms with Crippen LogP contribution in [0.3, 0.4) is 0 Å². The summed E-state index contributed by atoms with van der Waals surface area (Å²) in [5.41, 5.74) is 2.73. The van der Waals surface area contributed by atoms with Gasteiger partial charge in [-0.1, -0.05) is 36.6 Å². The van der Waals surface area contributed by atoms with E-state index in [-0.39, 0.29) is 18.6 Å². The second-order valence-electron chi connectivity index (χ2n) is 7.46. The molecule has 5 nitrogen and oxygen atoms in total. The van der Waals surface area contributed by atoms with Gasteiger partial charge in [0.1, 0.15) is 0 Å². The SMILES string of the molecule is O=C(COC(=O)c1ccccc1NCCC1=CCCCC1)NC1CCCC1. The summed E-state index contributed by atoms with van der Waals surface area (Å²) in [7, 11) is 0.